The minimum absolute atomic E-state index is 0.0243. The van der Waals surface area contributed by atoms with Crippen LogP contribution < -0.4 is 14.2 Å². The van der Waals surface area contributed by atoms with E-state index >= 15 is 0 Å². The van der Waals surface area contributed by atoms with Crippen LogP contribution in [0.5, 0.6) is 17.2 Å². The van der Waals surface area contributed by atoms with Crippen LogP contribution in [-0.4, -0.2) is 20.4 Å². The molecule has 0 N–H and O–H groups in total. The molecule has 1 aliphatic rings. The Morgan fingerprint density at radius 2 is 1.46 bits per heavy atom. The molecule has 0 aromatic heterocycles. The minimum atomic E-state index is -0.0243. The molecule has 0 amide bonds. The standard InChI is InChI=1S/C31H27NO3/c1-33-28-18-17-24(19-29(28)34-2)31-26(21-32-20-22-11-5-3-6-12-22)30(23-13-7-4-8-14-23)25-15-9-10-16-27(25)35-31/h3-19,21,30H,20H2,1-2H3. The lowest BCUT2D eigenvalue weighted by atomic mass is 9.81. The van der Waals surface area contributed by atoms with Crippen molar-refractivity contribution in [3.05, 3.63) is 131 Å². The fraction of sp³-hybridized carbons (Fsp3) is 0.129. The van der Waals surface area contributed by atoms with Crippen LogP contribution in [0.2, 0.25) is 0 Å². The zero-order valence-corrected chi connectivity index (χ0v) is 19.8. The minimum Gasteiger partial charge on any atom is -0.493 e. The molecule has 4 aromatic rings. The summed E-state index contributed by atoms with van der Waals surface area (Å²) in [5.74, 6) is 2.90. The van der Waals surface area contributed by atoms with Crippen molar-refractivity contribution in [1.82, 2.24) is 0 Å². The van der Waals surface area contributed by atoms with E-state index in [2.05, 4.69) is 48.5 Å². The highest BCUT2D eigenvalue weighted by Gasteiger charge is 2.31. The van der Waals surface area contributed by atoms with E-state index in [1.54, 1.807) is 14.2 Å². The van der Waals surface area contributed by atoms with Gasteiger partial charge in [-0.05, 0) is 35.4 Å². The van der Waals surface area contributed by atoms with Crippen molar-refractivity contribution < 1.29 is 14.2 Å². The Labute approximate surface area is 206 Å². The van der Waals surface area contributed by atoms with Gasteiger partial charge in [0.25, 0.3) is 0 Å². The van der Waals surface area contributed by atoms with Crippen molar-refractivity contribution in [2.45, 2.75) is 12.5 Å². The Bertz CT molecular complexity index is 1360. The van der Waals surface area contributed by atoms with E-state index in [1.807, 2.05) is 60.8 Å². The summed E-state index contributed by atoms with van der Waals surface area (Å²) in [6, 6.07) is 34.8. The number of allylic oxidation sites excluding steroid dienone is 1. The fourth-order valence-corrected chi connectivity index (χ4v) is 4.45. The summed E-state index contributed by atoms with van der Waals surface area (Å²) >= 11 is 0. The predicted octanol–water partition coefficient (Wildman–Crippen LogP) is 6.91. The van der Waals surface area contributed by atoms with E-state index in [0.29, 0.717) is 18.0 Å². The fourth-order valence-electron chi connectivity index (χ4n) is 4.45. The highest BCUT2D eigenvalue weighted by molar-refractivity contribution is 5.94. The third-order valence-electron chi connectivity index (χ3n) is 6.14. The third-order valence-corrected chi connectivity index (χ3v) is 6.14. The lowest BCUT2D eigenvalue weighted by molar-refractivity contribution is 0.354. The van der Waals surface area contributed by atoms with E-state index in [9.17, 15) is 0 Å². The Balaban J connectivity index is 1.68. The summed E-state index contributed by atoms with van der Waals surface area (Å²) < 4.78 is 17.6. The zero-order chi connectivity index (χ0) is 24.0. The molecule has 1 aliphatic heterocycles. The van der Waals surface area contributed by atoms with Crippen molar-refractivity contribution in [1.29, 1.82) is 0 Å². The number of aliphatic imine (C=N–C) groups is 1. The second-order valence-electron chi connectivity index (χ2n) is 8.29. The number of fused-ring (bicyclic) bond motifs is 1. The molecule has 0 spiro atoms. The molecule has 35 heavy (non-hydrogen) atoms. The van der Waals surface area contributed by atoms with Crippen LogP contribution in [0.1, 0.15) is 28.2 Å². The molecular formula is C31H27NO3. The number of nitrogens with zero attached hydrogens (tertiary/aromatic N) is 1. The van der Waals surface area contributed by atoms with E-state index in [-0.39, 0.29) is 5.92 Å². The van der Waals surface area contributed by atoms with Crippen molar-refractivity contribution in [2.75, 3.05) is 14.2 Å². The van der Waals surface area contributed by atoms with Crippen molar-refractivity contribution in [2.24, 2.45) is 4.99 Å². The quantitative estimate of drug-likeness (QED) is 0.281. The number of benzene rings is 4. The lowest BCUT2D eigenvalue weighted by Crippen LogP contribution is -2.17. The molecule has 4 heteroatoms. The van der Waals surface area contributed by atoms with Crippen LogP contribution in [0.4, 0.5) is 0 Å². The molecule has 4 aromatic carbocycles. The van der Waals surface area contributed by atoms with Gasteiger partial charge in [0.15, 0.2) is 11.5 Å². The van der Waals surface area contributed by atoms with Gasteiger partial charge in [-0.15, -0.1) is 0 Å². The molecular weight excluding hydrogens is 434 g/mol. The van der Waals surface area contributed by atoms with Crippen molar-refractivity contribution in [3.63, 3.8) is 0 Å². The van der Waals surface area contributed by atoms with Gasteiger partial charge in [-0.2, -0.15) is 0 Å². The summed E-state index contributed by atoms with van der Waals surface area (Å²) in [5.41, 5.74) is 5.36. The summed E-state index contributed by atoms with van der Waals surface area (Å²) in [6.07, 6.45) is 1.96. The average Bonchev–Trinajstić information content (AvgIpc) is 2.93. The topological polar surface area (TPSA) is 40.0 Å². The van der Waals surface area contributed by atoms with Crippen molar-refractivity contribution >= 4 is 12.0 Å². The first-order chi connectivity index (χ1) is 17.3. The molecule has 0 bridgehead atoms. The van der Waals surface area contributed by atoms with Crippen LogP contribution in [0.15, 0.2) is 114 Å². The summed E-state index contributed by atoms with van der Waals surface area (Å²) in [5, 5.41) is 0. The van der Waals surface area contributed by atoms with Gasteiger partial charge in [-0.1, -0.05) is 78.9 Å². The van der Waals surface area contributed by atoms with Crippen LogP contribution >= 0.6 is 0 Å². The number of hydrogen-bond acceptors (Lipinski definition) is 4. The molecule has 0 aliphatic carbocycles. The maximum Gasteiger partial charge on any atom is 0.161 e. The highest BCUT2D eigenvalue weighted by atomic mass is 16.5. The normalized spacial score (nSPS) is 15.0. The Morgan fingerprint density at radius 1 is 0.771 bits per heavy atom. The van der Waals surface area contributed by atoms with Crippen LogP contribution in [0.3, 0.4) is 0 Å². The molecule has 0 radical (unpaired) electrons. The second kappa shape index (κ2) is 10.3. The predicted molar refractivity (Wildman–Crippen MR) is 140 cm³/mol. The van der Waals surface area contributed by atoms with Crippen LogP contribution in [-0.2, 0) is 6.54 Å². The first kappa shape index (κ1) is 22.5. The zero-order valence-electron chi connectivity index (χ0n) is 19.8. The Morgan fingerprint density at radius 3 is 2.20 bits per heavy atom. The molecule has 1 unspecified atom stereocenters. The highest BCUT2D eigenvalue weighted by Crippen LogP contribution is 2.45. The molecule has 1 atom stereocenters. The molecule has 0 saturated carbocycles. The SMILES string of the molecule is COc1ccc(C2=C(C=NCc3ccccc3)C(c3ccccc3)c3ccccc3O2)cc1OC. The van der Waals surface area contributed by atoms with Crippen LogP contribution in [0, 0.1) is 0 Å². The van der Waals surface area contributed by atoms with Crippen LogP contribution in [0.25, 0.3) is 5.76 Å². The number of methoxy groups -OCH3 is 2. The lowest BCUT2D eigenvalue weighted by Gasteiger charge is -2.30. The van der Waals surface area contributed by atoms with E-state index in [0.717, 1.165) is 33.8 Å². The Hall–Kier alpha value is -4.31. The van der Waals surface area contributed by atoms with Gasteiger partial charge < -0.3 is 14.2 Å². The van der Waals surface area contributed by atoms with Gasteiger partial charge >= 0.3 is 0 Å². The maximum absolute atomic E-state index is 6.55. The van der Waals surface area contributed by atoms with Gasteiger partial charge in [-0.25, -0.2) is 0 Å². The van der Waals surface area contributed by atoms with E-state index in [1.165, 1.54) is 5.56 Å². The van der Waals surface area contributed by atoms with Gasteiger partial charge in [0, 0.05) is 28.8 Å². The molecule has 5 rings (SSSR count). The number of para-hydroxylation sites is 1. The summed E-state index contributed by atoms with van der Waals surface area (Å²) in [6.45, 7) is 0.590. The number of rotatable bonds is 7. The number of ether oxygens (including phenoxy) is 3. The maximum atomic E-state index is 6.55. The number of hydrogen-bond donors (Lipinski definition) is 0. The second-order valence-corrected chi connectivity index (χ2v) is 8.29. The van der Waals surface area contributed by atoms with E-state index in [4.69, 9.17) is 19.2 Å². The summed E-state index contributed by atoms with van der Waals surface area (Å²) in [4.78, 5) is 4.85. The van der Waals surface area contributed by atoms with Gasteiger partial charge in [0.05, 0.1) is 20.8 Å². The largest absolute Gasteiger partial charge is 0.493 e. The first-order valence-corrected chi connectivity index (χ1v) is 11.6. The third kappa shape index (κ3) is 4.69. The van der Waals surface area contributed by atoms with Gasteiger partial charge in [-0.3, -0.25) is 4.99 Å². The van der Waals surface area contributed by atoms with Gasteiger partial charge in [0.1, 0.15) is 11.5 Å². The first-order valence-electron chi connectivity index (χ1n) is 11.6. The monoisotopic (exact) mass is 461 g/mol. The Kier molecular flexibility index (Phi) is 6.62. The molecule has 0 saturated heterocycles. The average molecular weight is 462 g/mol. The van der Waals surface area contributed by atoms with Crippen molar-refractivity contribution in [3.8, 4) is 17.2 Å². The molecule has 0 fully saturated rings. The van der Waals surface area contributed by atoms with E-state index < -0.39 is 0 Å². The smallest absolute Gasteiger partial charge is 0.161 e. The van der Waals surface area contributed by atoms with Gasteiger partial charge in [0.2, 0.25) is 0 Å². The summed E-state index contributed by atoms with van der Waals surface area (Å²) in [7, 11) is 3.28. The molecule has 1 heterocycles. The molecule has 174 valence electrons. The molecule has 4 nitrogen and oxygen atoms in total.